The van der Waals surface area contributed by atoms with Gasteiger partial charge in [0.25, 0.3) is 0 Å². The zero-order valence-electron chi connectivity index (χ0n) is 16.9. The van der Waals surface area contributed by atoms with Crippen LogP contribution in [0.15, 0.2) is 72.9 Å². The van der Waals surface area contributed by atoms with E-state index in [1.165, 1.54) is 11.1 Å². The van der Waals surface area contributed by atoms with Gasteiger partial charge in [-0.25, -0.2) is 4.98 Å². The summed E-state index contributed by atoms with van der Waals surface area (Å²) in [5.41, 5.74) is 3.24. The molecule has 1 aliphatic heterocycles. The van der Waals surface area contributed by atoms with Crippen molar-refractivity contribution in [3.63, 3.8) is 0 Å². The lowest BCUT2D eigenvalue weighted by molar-refractivity contribution is 0.138. The van der Waals surface area contributed by atoms with Crippen LogP contribution in [0.25, 0.3) is 0 Å². The van der Waals surface area contributed by atoms with Gasteiger partial charge in [-0.2, -0.15) is 5.26 Å². The minimum atomic E-state index is -0.0138. The monoisotopic (exact) mass is 417 g/mol. The molecular formula is C25H24ClN3O. The van der Waals surface area contributed by atoms with Crippen molar-refractivity contribution in [3.8, 4) is 11.9 Å². The quantitative estimate of drug-likeness (QED) is 0.546. The number of ether oxygens (including phenoxy) is 1. The number of nitrogens with zero attached hydrogens (tertiary/aromatic N) is 3. The highest BCUT2D eigenvalue weighted by Crippen LogP contribution is 2.37. The van der Waals surface area contributed by atoms with Gasteiger partial charge in [-0.1, -0.05) is 54.1 Å². The third-order valence-corrected chi connectivity index (χ3v) is 5.99. The largest absolute Gasteiger partial charge is 0.474 e. The van der Waals surface area contributed by atoms with Crippen LogP contribution in [0, 0.1) is 17.2 Å². The van der Waals surface area contributed by atoms with Gasteiger partial charge in [0.1, 0.15) is 6.10 Å². The summed E-state index contributed by atoms with van der Waals surface area (Å²) in [6.45, 7) is 4.92. The Balaban J connectivity index is 1.54. The van der Waals surface area contributed by atoms with Gasteiger partial charge in [0.2, 0.25) is 5.88 Å². The van der Waals surface area contributed by atoms with Gasteiger partial charge in [0.15, 0.2) is 0 Å². The molecule has 3 unspecified atom stereocenters. The summed E-state index contributed by atoms with van der Waals surface area (Å²) in [5.74, 6) is 1.22. The zero-order valence-corrected chi connectivity index (χ0v) is 17.7. The molecule has 4 nitrogen and oxygen atoms in total. The molecule has 0 bridgehead atoms. The van der Waals surface area contributed by atoms with E-state index in [0.29, 0.717) is 28.3 Å². The lowest BCUT2D eigenvalue weighted by Gasteiger charge is -2.25. The Hall–Kier alpha value is -2.87. The number of halogens is 1. The average Bonchev–Trinajstić information content (AvgIpc) is 3.20. The predicted molar refractivity (Wildman–Crippen MR) is 118 cm³/mol. The first-order valence-electron chi connectivity index (χ1n) is 10.2. The van der Waals surface area contributed by atoms with Crippen LogP contribution in [0.1, 0.15) is 29.5 Å². The first-order valence-corrected chi connectivity index (χ1v) is 10.5. The number of hydrogen-bond acceptors (Lipinski definition) is 4. The van der Waals surface area contributed by atoms with Gasteiger partial charge in [0, 0.05) is 43.7 Å². The molecule has 1 saturated heterocycles. The van der Waals surface area contributed by atoms with Crippen molar-refractivity contribution in [2.75, 3.05) is 13.1 Å². The van der Waals surface area contributed by atoms with Crippen molar-refractivity contribution in [3.05, 3.63) is 94.6 Å². The Bertz CT molecular complexity index is 999. The molecule has 0 aliphatic carbocycles. The standard InChI is InChI=1S/C25H24ClN3O/c1-18(30-25-12-11-22(26)14-28-25)23-16-29(15-20-5-3-2-4-6-20)17-24(23)21-9-7-19(13-27)8-10-21/h2-12,14,18,23-24H,15-17H2,1H3. The van der Waals surface area contributed by atoms with Crippen LogP contribution in [0.2, 0.25) is 5.02 Å². The molecule has 4 rings (SSSR count). The summed E-state index contributed by atoms with van der Waals surface area (Å²) < 4.78 is 6.20. The summed E-state index contributed by atoms with van der Waals surface area (Å²) in [7, 11) is 0. The highest BCUT2D eigenvalue weighted by atomic mass is 35.5. The van der Waals surface area contributed by atoms with Gasteiger partial charge in [-0.3, -0.25) is 4.90 Å². The number of pyridine rings is 1. The van der Waals surface area contributed by atoms with Gasteiger partial charge >= 0.3 is 0 Å². The summed E-state index contributed by atoms with van der Waals surface area (Å²) >= 11 is 5.95. The van der Waals surface area contributed by atoms with Crippen LogP contribution < -0.4 is 4.74 Å². The maximum atomic E-state index is 9.13. The molecule has 2 heterocycles. The average molecular weight is 418 g/mol. The molecule has 0 radical (unpaired) electrons. The number of hydrogen-bond donors (Lipinski definition) is 0. The lowest BCUT2D eigenvalue weighted by atomic mass is 9.85. The van der Waals surface area contributed by atoms with E-state index in [2.05, 4.69) is 59.3 Å². The van der Waals surface area contributed by atoms with Crippen molar-refractivity contribution < 1.29 is 4.74 Å². The molecule has 30 heavy (non-hydrogen) atoms. The number of likely N-dealkylation sites (tertiary alicyclic amines) is 1. The summed E-state index contributed by atoms with van der Waals surface area (Å²) in [6.07, 6.45) is 1.60. The fraction of sp³-hybridized carbons (Fsp3) is 0.280. The summed E-state index contributed by atoms with van der Waals surface area (Å²) in [5, 5.41) is 9.73. The third-order valence-electron chi connectivity index (χ3n) is 5.77. The Morgan fingerprint density at radius 1 is 1.10 bits per heavy atom. The first kappa shape index (κ1) is 20.4. The molecule has 3 atom stereocenters. The second-order valence-electron chi connectivity index (χ2n) is 7.82. The van der Waals surface area contributed by atoms with E-state index >= 15 is 0 Å². The molecule has 1 fully saturated rings. The van der Waals surface area contributed by atoms with E-state index < -0.39 is 0 Å². The topological polar surface area (TPSA) is 49.1 Å². The molecule has 0 spiro atoms. The second-order valence-corrected chi connectivity index (χ2v) is 8.26. The SMILES string of the molecule is CC(Oc1ccc(Cl)cn1)C1CN(Cc2ccccc2)CC1c1ccc(C#N)cc1. The minimum absolute atomic E-state index is 0.0138. The van der Waals surface area contributed by atoms with E-state index in [4.69, 9.17) is 21.6 Å². The molecule has 0 amide bonds. The first-order chi connectivity index (χ1) is 14.6. The molecule has 3 aromatic rings. The van der Waals surface area contributed by atoms with Crippen molar-refractivity contribution in [2.45, 2.75) is 25.5 Å². The number of rotatable bonds is 6. The van der Waals surface area contributed by atoms with Crippen molar-refractivity contribution in [1.29, 1.82) is 5.26 Å². The van der Waals surface area contributed by atoms with Gasteiger partial charge in [-0.05, 0) is 36.2 Å². The van der Waals surface area contributed by atoms with Gasteiger partial charge < -0.3 is 4.74 Å². The highest BCUT2D eigenvalue weighted by Gasteiger charge is 2.38. The number of aromatic nitrogens is 1. The van der Waals surface area contributed by atoms with Crippen molar-refractivity contribution in [1.82, 2.24) is 9.88 Å². The third kappa shape index (κ3) is 4.81. The van der Waals surface area contributed by atoms with Crippen molar-refractivity contribution in [2.24, 2.45) is 5.92 Å². The van der Waals surface area contributed by atoms with E-state index in [-0.39, 0.29) is 6.10 Å². The molecule has 1 aliphatic rings. The Morgan fingerprint density at radius 2 is 1.87 bits per heavy atom. The van der Waals surface area contributed by atoms with E-state index in [1.807, 2.05) is 24.3 Å². The second kappa shape index (κ2) is 9.30. The molecule has 152 valence electrons. The van der Waals surface area contributed by atoms with Crippen molar-refractivity contribution >= 4 is 11.6 Å². The van der Waals surface area contributed by atoms with Gasteiger partial charge in [0.05, 0.1) is 16.7 Å². The molecule has 0 N–H and O–H groups in total. The van der Waals surface area contributed by atoms with E-state index in [1.54, 1.807) is 12.3 Å². The minimum Gasteiger partial charge on any atom is -0.474 e. The molecule has 1 aromatic heterocycles. The lowest BCUT2D eigenvalue weighted by Crippen LogP contribution is -2.30. The zero-order chi connectivity index (χ0) is 20.9. The maximum absolute atomic E-state index is 9.13. The van der Waals surface area contributed by atoms with E-state index in [9.17, 15) is 0 Å². The van der Waals surface area contributed by atoms with E-state index in [0.717, 1.165) is 19.6 Å². The van der Waals surface area contributed by atoms with Crippen LogP contribution in [0.5, 0.6) is 5.88 Å². The smallest absolute Gasteiger partial charge is 0.213 e. The van der Waals surface area contributed by atoms with Crippen LogP contribution in [0.4, 0.5) is 0 Å². The predicted octanol–water partition coefficient (Wildman–Crippen LogP) is 5.29. The highest BCUT2D eigenvalue weighted by molar-refractivity contribution is 6.30. The number of nitriles is 1. The Labute approximate surface area is 182 Å². The normalized spacial score (nSPS) is 19.9. The number of benzene rings is 2. The Kier molecular flexibility index (Phi) is 6.32. The molecule has 5 heteroatoms. The Morgan fingerprint density at radius 3 is 2.53 bits per heavy atom. The molecule has 2 aromatic carbocycles. The summed E-state index contributed by atoms with van der Waals surface area (Å²) in [4.78, 5) is 6.78. The summed E-state index contributed by atoms with van der Waals surface area (Å²) in [6, 6.07) is 24.3. The molecule has 0 saturated carbocycles. The van der Waals surface area contributed by atoms with Gasteiger partial charge in [-0.15, -0.1) is 0 Å². The fourth-order valence-electron chi connectivity index (χ4n) is 4.23. The molecular weight excluding hydrogens is 394 g/mol. The van der Waals surface area contributed by atoms with Crippen LogP contribution in [0.3, 0.4) is 0 Å². The van der Waals surface area contributed by atoms with Crippen LogP contribution in [-0.2, 0) is 6.54 Å². The van der Waals surface area contributed by atoms with Crippen LogP contribution >= 0.6 is 11.6 Å². The van der Waals surface area contributed by atoms with Crippen LogP contribution in [-0.4, -0.2) is 29.1 Å². The maximum Gasteiger partial charge on any atom is 0.213 e. The fourth-order valence-corrected chi connectivity index (χ4v) is 4.34.